The highest BCUT2D eigenvalue weighted by Crippen LogP contribution is 2.33. The quantitative estimate of drug-likeness (QED) is 0.731. The zero-order chi connectivity index (χ0) is 15.9. The highest BCUT2D eigenvalue weighted by molar-refractivity contribution is 5.79. The van der Waals surface area contributed by atoms with Gasteiger partial charge in [-0.25, -0.2) is 0 Å². The fraction of sp³-hybridized carbons (Fsp3) is 0.889. The zero-order valence-corrected chi connectivity index (χ0v) is 14.2. The second-order valence-corrected chi connectivity index (χ2v) is 6.98. The molecule has 1 heterocycles. The van der Waals surface area contributed by atoms with E-state index in [1.54, 1.807) is 0 Å². The maximum absolute atomic E-state index is 12.6. The van der Waals surface area contributed by atoms with Gasteiger partial charge in [-0.15, -0.1) is 0 Å². The SMILES string of the molecule is CCCCC1CCC(C(=O)N2CCC(C(=O)OC)CC2)CC1. The van der Waals surface area contributed by atoms with Crippen molar-refractivity contribution in [3.05, 3.63) is 0 Å². The van der Waals surface area contributed by atoms with Crippen molar-refractivity contribution >= 4 is 11.9 Å². The first-order chi connectivity index (χ1) is 10.7. The summed E-state index contributed by atoms with van der Waals surface area (Å²) in [4.78, 5) is 26.2. The molecule has 0 aromatic rings. The molecule has 1 saturated carbocycles. The van der Waals surface area contributed by atoms with Crippen LogP contribution in [0.15, 0.2) is 0 Å². The lowest BCUT2D eigenvalue weighted by Crippen LogP contribution is -2.44. The molecule has 0 aromatic heterocycles. The number of likely N-dealkylation sites (tertiary alicyclic amines) is 1. The molecule has 22 heavy (non-hydrogen) atoms. The van der Waals surface area contributed by atoms with Gasteiger partial charge < -0.3 is 9.64 Å². The Balaban J connectivity index is 1.73. The predicted octanol–water partition coefficient (Wildman–Crippen LogP) is 3.39. The monoisotopic (exact) mass is 309 g/mol. The van der Waals surface area contributed by atoms with Crippen molar-refractivity contribution in [2.24, 2.45) is 17.8 Å². The minimum absolute atomic E-state index is 0.0150. The Morgan fingerprint density at radius 1 is 1.00 bits per heavy atom. The van der Waals surface area contributed by atoms with Gasteiger partial charge in [-0.05, 0) is 44.4 Å². The van der Waals surface area contributed by atoms with Gasteiger partial charge in [0.15, 0.2) is 0 Å². The number of amides is 1. The minimum atomic E-state index is -0.122. The number of rotatable bonds is 5. The molecule has 1 amide bonds. The van der Waals surface area contributed by atoms with E-state index in [0.717, 1.165) is 31.6 Å². The maximum Gasteiger partial charge on any atom is 0.308 e. The van der Waals surface area contributed by atoms with Gasteiger partial charge >= 0.3 is 5.97 Å². The number of piperidine rings is 1. The Morgan fingerprint density at radius 2 is 1.64 bits per heavy atom. The van der Waals surface area contributed by atoms with E-state index in [1.165, 1.54) is 39.2 Å². The molecule has 0 atom stereocenters. The van der Waals surface area contributed by atoms with Gasteiger partial charge in [-0.2, -0.15) is 0 Å². The molecular weight excluding hydrogens is 278 g/mol. The second kappa shape index (κ2) is 8.54. The Morgan fingerprint density at radius 3 is 2.18 bits per heavy atom. The number of hydrogen-bond donors (Lipinski definition) is 0. The van der Waals surface area contributed by atoms with Gasteiger partial charge in [0, 0.05) is 19.0 Å². The molecule has 126 valence electrons. The largest absolute Gasteiger partial charge is 0.469 e. The molecule has 0 bridgehead atoms. The van der Waals surface area contributed by atoms with Gasteiger partial charge in [0.1, 0.15) is 0 Å². The fourth-order valence-corrected chi connectivity index (χ4v) is 3.95. The average molecular weight is 309 g/mol. The van der Waals surface area contributed by atoms with E-state index in [9.17, 15) is 9.59 Å². The molecule has 1 aliphatic heterocycles. The van der Waals surface area contributed by atoms with Crippen molar-refractivity contribution < 1.29 is 14.3 Å². The Hall–Kier alpha value is -1.06. The lowest BCUT2D eigenvalue weighted by Gasteiger charge is -2.35. The van der Waals surface area contributed by atoms with Gasteiger partial charge in [0.25, 0.3) is 0 Å². The summed E-state index contributed by atoms with van der Waals surface area (Å²) in [5, 5.41) is 0. The van der Waals surface area contributed by atoms with E-state index in [0.29, 0.717) is 19.0 Å². The standard InChI is InChI=1S/C18H31NO3/c1-3-4-5-14-6-8-15(9-7-14)17(20)19-12-10-16(11-13-19)18(21)22-2/h14-16H,3-13H2,1-2H3. The molecule has 0 spiro atoms. The van der Waals surface area contributed by atoms with Crippen molar-refractivity contribution in [2.75, 3.05) is 20.2 Å². The predicted molar refractivity (Wildman–Crippen MR) is 86.3 cm³/mol. The first-order valence-electron chi connectivity index (χ1n) is 9.02. The molecule has 2 rings (SSSR count). The van der Waals surface area contributed by atoms with Crippen LogP contribution in [-0.4, -0.2) is 37.0 Å². The Bertz CT molecular complexity index is 367. The lowest BCUT2D eigenvalue weighted by atomic mass is 9.79. The average Bonchev–Trinajstić information content (AvgIpc) is 2.59. The highest BCUT2D eigenvalue weighted by atomic mass is 16.5. The van der Waals surface area contributed by atoms with Crippen molar-refractivity contribution in [3.63, 3.8) is 0 Å². The fourth-order valence-electron chi connectivity index (χ4n) is 3.95. The summed E-state index contributed by atoms with van der Waals surface area (Å²) < 4.78 is 4.80. The molecule has 1 saturated heterocycles. The van der Waals surface area contributed by atoms with Crippen molar-refractivity contribution in [2.45, 2.75) is 64.7 Å². The number of unbranched alkanes of at least 4 members (excludes halogenated alkanes) is 1. The molecule has 2 fully saturated rings. The van der Waals surface area contributed by atoms with Gasteiger partial charge in [0.05, 0.1) is 13.0 Å². The number of hydrogen-bond acceptors (Lipinski definition) is 3. The van der Waals surface area contributed by atoms with E-state index in [4.69, 9.17) is 4.74 Å². The maximum atomic E-state index is 12.6. The molecule has 0 aromatic carbocycles. The number of carbonyl (C=O) groups is 2. The Labute approximate surface area is 134 Å². The molecule has 4 heteroatoms. The number of nitrogens with zero attached hydrogens (tertiary/aromatic N) is 1. The third-order valence-corrected chi connectivity index (χ3v) is 5.50. The molecular formula is C18H31NO3. The first-order valence-corrected chi connectivity index (χ1v) is 9.02. The van der Waals surface area contributed by atoms with Gasteiger partial charge in [0.2, 0.25) is 5.91 Å². The number of esters is 1. The Kier molecular flexibility index (Phi) is 6.71. The van der Waals surface area contributed by atoms with Crippen LogP contribution in [0.3, 0.4) is 0 Å². The highest BCUT2D eigenvalue weighted by Gasteiger charge is 2.33. The lowest BCUT2D eigenvalue weighted by molar-refractivity contribution is -0.149. The van der Waals surface area contributed by atoms with Crippen LogP contribution in [0, 0.1) is 17.8 Å². The molecule has 2 aliphatic rings. The summed E-state index contributed by atoms with van der Waals surface area (Å²) in [6, 6.07) is 0. The van der Waals surface area contributed by atoms with Crippen molar-refractivity contribution in [3.8, 4) is 0 Å². The minimum Gasteiger partial charge on any atom is -0.469 e. The van der Waals surface area contributed by atoms with Crippen LogP contribution in [0.2, 0.25) is 0 Å². The summed E-state index contributed by atoms with van der Waals surface area (Å²) in [6.45, 7) is 3.68. The number of ether oxygens (including phenoxy) is 1. The molecule has 0 radical (unpaired) electrons. The zero-order valence-electron chi connectivity index (χ0n) is 14.2. The van der Waals surface area contributed by atoms with Crippen LogP contribution in [0.1, 0.15) is 64.7 Å². The van der Waals surface area contributed by atoms with Crippen molar-refractivity contribution in [1.29, 1.82) is 0 Å². The van der Waals surface area contributed by atoms with E-state index in [2.05, 4.69) is 6.92 Å². The third-order valence-electron chi connectivity index (χ3n) is 5.50. The first kappa shape index (κ1) is 17.3. The smallest absolute Gasteiger partial charge is 0.308 e. The van der Waals surface area contributed by atoms with Crippen LogP contribution in [0.5, 0.6) is 0 Å². The molecule has 0 unspecified atom stereocenters. The van der Waals surface area contributed by atoms with E-state index in [-0.39, 0.29) is 17.8 Å². The van der Waals surface area contributed by atoms with Crippen molar-refractivity contribution in [1.82, 2.24) is 4.90 Å². The normalized spacial score (nSPS) is 26.7. The van der Waals surface area contributed by atoms with Crippen LogP contribution in [0.4, 0.5) is 0 Å². The number of carbonyl (C=O) groups excluding carboxylic acids is 2. The molecule has 1 aliphatic carbocycles. The summed E-state index contributed by atoms with van der Waals surface area (Å²) in [6.07, 6.45) is 9.99. The third kappa shape index (κ3) is 4.47. The molecule has 4 nitrogen and oxygen atoms in total. The second-order valence-electron chi connectivity index (χ2n) is 6.98. The summed E-state index contributed by atoms with van der Waals surface area (Å²) in [5.41, 5.74) is 0. The summed E-state index contributed by atoms with van der Waals surface area (Å²) in [5.74, 6) is 1.27. The van der Waals surface area contributed by atoms with E-state index >= 15 is 0 Å². The van der Waals surface area contributed by atoms with Crippen LogP contribution in [0.25, 0.3) is 0 Å². The van der Waals surface area contributed by atoms with Crippen LogP contribution < -0.4 is 0 Å². The topological polar surface area (TPSA) is 46.6 Å². The van der Waals surface area contributed by atoms with Gasteiger partial charge in [-0.3, -0.25) is 9.59 Å². The van der Waals surface area contributed by atoms with Crippen LogP contribution in [-0.2, 0) is 14.3 Å². The summed E-state index contributed by atoms with van der Waals surface area (Å²) >= 11 is 0. The van der Waals surface area contributed by atoms with E-state index in [1.807, 2.05) is 4.90 Å². The number of methoxy groups -OCH3 is 1. The van der Waals surface area contributed by atoms with E-state index < -0.39 is 0 Å². The summed E-state index contributed by atoms with van der Waals surface area (Å²) in [7, 11) is 1.44. The molecule has 0 N–H and O–H groups in total. The van der Waals surface area contributed by atoms with Gasteiger partial charge in [-0.1, -0.05) is 26.2 Å². The van der Waals surface area contributed by atoms with Crippen LogP contribution >= 0.6 is 0 Å².